The Morgan fingerprint density at radius 2 is 1.67 bits per heavy atom. The molecule has 2 N–H and O–H groups in total. The summed E-state index contributed by atoms with van der Waals surface area (Å²) in [7, 11) is -4.39. The van der Waals surface area contributed by atoms with Crippen molar-refractivity contribution in [2.24, 2.45) is 0 Å². The maximum Gasteiger partial charge on any atom is 0.524 e. The third-order valence-corrected chi connectivity index (χ3v) is 1.42. The SMILES string of the molecule is O=P(O)(O)Oc1ccccc1.[La]. The van der Waals surface area contributed by atoms with E-state index >= 15 is 0 Å². The summed E-state index contributed by atoms with van der Waals surface area (Å²) in [6, 6.07) is 7.93. The minimum Gasteiger partial charge on any atom is -0.404 e. The number of hydrogen-bond donors (Lipinski definition) is 2. The number of phosphoric ester groups is 1. The van der Waals surface area contributed by atoms with Crippen LogP contribution in [0.15, 0.2) is 30.3 Å². The van der Waals surface area contributed by atoms with Gasteiger partial charge in [-0.05, 0) is 12.1 Å². The minimum absolute atomic E-state index is 0. The maximum absolute atomic E-state index is 10.3. The molecule has 0 unspecified atom stereocenters. The van der Waals surface area contributed by atoms with Gasteiger partial charge in [0.1, 0.15) is 5.75 Å². The van der Waals surface area contributed by atoms with Crippen LogP contribution in [0.1, 0.15) is 0 Å². The molecule has 4 nitrogen and oxygen atoms in total. The second-order valence-corrected chi connectivity index (χ2v) is 3.06. The fourth-order valence-corrected chi connectivity index (χ4v) is 1.02. The number of phosphoric acid groups is 1. The van der Waals surface area contributed by atoms with Gasteiger partial charge >= 0.3 is 7.82 Å². The van der Waals surface area contributed by atoms with E-state index in [1.54, 1.807) is 18.2 Å². The third-order valence-electron chi connectivity index (χ3n) is 0.968. The Kier molecular flexibility index (Phi) is 5.33. The predicted octanol–water partition coefficient (Wildman–Crippen LogP) is 1.16. The smallest absolute Gasteiger partial charge is 0.404 e. The molecule has 1 aromatic carbocycles. The maximum atomic E-state index is 10.3. The average Bonchev–Trinajstić information content (AvgIpc) is 1.85. The normalized spacial score (nSPS) is 10.2. The summed E-state index contributed by atoms with van der Waals surface area (Å²) in [5.41, 5.74) is 0. The summed E-state index contributed by atoms with van der Waals surface area (Å²) in [6.45, 7) is 0. The number of hydrogen-bond acceptors (Lipinski definition) is 2. The Morgan fingerprint density at radius 1 is 1.17 bits per heavy atom. The van der Waals surface area contributed by atoms with Crippen molar-refractivity contribution in [3.63, 3.8) is 0 Å². The van der Waals surface area contributed by atoms with Crippen molar-refractivity contribution in [3.05, 3.63) is 30.3 Å². The van der Waals surface area contributed by atoms with Crippen LogP contribution in [0.2, 0.25) is 0 Å². The van der Waals surface area contributed by atoms with Crippen LogP contribution in [0.4, 0.5) is 0 Å². The van der Waals surface area contributed by atoms with Crippen molar-refractivity contribution in [1.82, 2.24) is 0 Å². The molecule has 0 aliphatic heterocycles. The molecule has 0 saturated heterocycles. The largest absolute Gasteiger partial charge is 0.524 e. The quantitative estimate of drug-likeness (QED) is 0.804. The van der Waals surface area contributed by atoms with Crippen LogP contribution in [-0.4, -0.2) is 9.79 Å². The van der Waals surface area contributed by atoms with Crippen LogP contribution in [0, 0.1) is 35.6 Å². The Bertz CT molecular complexity index is 270. The summed E-state index contributed by atoms with van der Waals surface area (Å²) in [5, 5.41) is 0. The first-order chi connectivity index (χ1) is 5.08. The third kappa shape index (κ3) is 5.09. The molecule has 63 valence electrons. The van der Waals surface area contributed by atoms with E-state index < -0.39 is 7.82 Å². The fraction of sp³-hybridized carbons (Fsp3) is 0. The predicted molar refractivity (Wildman–Crippen MR) is 39.1 cm³/mol. The molecule has 1 aromatic rings. The molecule has 0 aliphatic rings. The van der Waals surface area contributed by atoms with Crippen molar-refractivity contribution in [2.75, 3.05) is 0 Å². The molecule has 0 atom stereocenters. The first kappa shape index (κ1) is 12.4. The van der Waals surface area contributed by atoms with Gasteiger partial charge in [-0.15, -0.1) is 0 Å². The standard InChI is InChI=1S/C6H7O4P.La/c7-11(8,9)10-6-4-2-1-3-5-6;/h1-5H,(H2,7,8,9);. The second kappa shape index (κ2) is 5.17. The molecule has 0 heterocycles. The van der Waals surface area contributed by atoms with Crippen LogP contribution in [-0.2, 0) is 4.57 Å². The zero-order valence-corrected chi connectivity index (χ0v) is 10.6. The molecule has 0 amide bonds. The van der Waals surface area contributed by atoms with Gasteiger partial charge in [-0.1, -0.05) is 18.2 Å². The van der Waals surface area contributed by atoms with E-state index in [0.717, 1.165) is 0 Å². The van der Waals surface area contributed by atoms with Crippen LogP contribution >= 0.6 is 7.82 Å². The fourth-order valence-electron chi connectivity index (χ4n) is 0.619. The van der Waals surface area contributed by atoms with E-state index in [1.807, 2.05) is 0 Å². The number of benzene rings is 1. The summed E-state index contributed by atoms with van der Waals surface area (Å²) < 4.78 is 14.5. The molecule has 0 spiro atoms. The zero-order chi connectivity index (χ0) is 8.32. The van der Waals surface area contributed by atoms with Gasteiger partial charge in [0, 0.05) is 35.6 Å². The van der Waals surface area contributed by atoms with E-state index in [4.69, 9.17) is 9.79 Å². The van der Waals surface area contributed by atoms with Gasteiger partial charge in [-0.3, -0.25) is 9.79 Å². The van der Waals surface area contributed by atoms with E-state index in [-0.39, 0.29) is 41.3 Å². The Labute approximate surface area is 97.8 Å². The summed E-state index contributed by atoms with van der Waals surface area (Å²) in [5.74, 6) is 0.167. The monoisotopic (exact) mass is 313 g/mol. The molecule has 1 radical (unpaired) electrons. The van der Waals surface area contributed by atoms with Gasteiger partial charge in [-0.2, -0.15) is 0 Å². The molecule has 0 aliphatic carbocycles. The van der Waals surface area contributed by atoms with Crippen molar-refractivity contribution >= 4 is 7.82 Å². The topological polar surface area (TPSA) is 66.8 Å². The van der Waals surface area contributed by atoms with Crippen LogP contribution in [0.25, 0.3) is 0 Å². The molecule has 0 fully saturated rings. The number of rotatable bonds is 2. The summed E-state index contributed by atoms with van der Waals surface area (Å²) >= 11 is 0. The number of para-hydroxylation sites is 1. The van der Waals surface area contributed by atoms with Gasteiger partial charge in [0.25, 0.3) is 0 Å². The zero-order valence-electron chi connectivity index (χ0n) is 6.12. The Balaban J connectivity index is 0.00000121. The summed E-state index contributed by atoms with van der Waals surface area (Å²) in [4.78, 5) is 16.7. The van der Waals surface area contributed by atoms with Gasteiger partial charge in [0.2, 0.25) is 0 Å². The first-order valence-electron chi connectivity index (χ1n) is 2.88. The molecule has 6 heteroatoms. The van der Waals surface area contributed by atoms with Crippen LogP contribution < -0.4 is 4.52 Å². The van der Waals surface area contributed by atoms with Crippen LogP contribution in [0.3, 0.4) is 0 Å². The van der Waals surface area contributed by atoms with Gasteiger partial charge < -0.3 is 4.52 Å². The average molecular weight is 313 g/mol. The van der Waals surface area contributed by atoms with E-state index in [9.17, 15) is 4.57 Å². The molecule has 1 rings (SSSR count). The minimum atomic E-state index is -4.39. The van der Waals surface area contributed by atoms with Crippen molar-refractivity contribution in [2.45, 2.75) is 0 Å². The van der Waals surface area contributed by atoms with E-state index in [1.165, 1.54) is 12.1 Å². The molecule has 0 aromatic heterocycles. The van der Waals surface area contributed by atoms with Gasteiger partial charge in [0.15, 0.2) is 0 Å². The van der Waals surface area contributed by atoms with Gasteiger partial charge in [-0.25, -0.2) is 4.57 Å². The van der Waals surface area contributed by atoms with Crippen LogP contribution in [0.5, 0.6) is 5.75 Å². The summed E-state index contributed by atoms with van der Waals surface area (Å²) in [6.07, 6.45) is 0. The Morgan fingerprint density at radius 3 is 2.08 bits per heavy atom. The van der Waals surface area contributed by atoms with Gasteiger partial charge in [0.05, 0.1) is 0 Å². The van der Waals surface area contributed by atoms with Crippen molar-refractivity contribution in [1.29, 1.82) is 0 Å². The molecule has 12 heavy (non-hydrogen) atoms. The van der Waals surface area contributed by atoms with Crippen molar-refractivity contribution < 1.29 is 54.5 Å². The molecular weight excluding hydrogens is 306 g/mol. The van der Waals surface area contributed by atoms with Crippen molar-refractivity contribution in [3.8, 4) is 5.75 Å². The molecular formula is C6H7LaO4P. The van der Waals surface area contributed by atoms with E-state index in [0.29, 0.717) is 0 Å². The first-order valence-corrected chi connectivity index (χ1v) is 4.41. The van der Waals surface area contributed by atoms with E-state index in [2.05, 4.69) is 4.52 Å². The Hall–Kier alpha value is 0.365. The molecule has 0 bridgehead atoms. The molecule has 0 saturated carbocycles. The second-order valence-electron chi connectivity index (χ2n) is 1.89.